The molecule has 0 aliphatic heterocycles. The number of nitrogens with one attached hydrogen (secondary N) is 3. The maximum absolute atomic E-state index is 12.0. The van der Waals surface area contributed by atoms with E-state index in [2.05, 4.69) is 22.5 Å². The summed E-state index contributed by atoms with van der Waals surface area (Å²) in [5, 5.41) is 6.53. The Bertz CT molecular complexity index is 490. The van der Waals surface area contributed by atoms with Crippen LogP contribution in [0.25, 0.3) is 0 Å². The van der Waals surface area contributed by atoms with Crippen molar-refractivity contribution in [1.82, 2.24) is 15.6 Å². The van der Waals surface area contributed by atoms with Gasteiger partial charge in [-0.15, -0.1) is 0 Å². The number of rotatable bonds is 5. The van der Waals surface area contributed by atoms with Crippen LogP contribution in [0, 0.1) is 0 Å². The minimum Gasteiger partial charge on any atom is -0.348 e. The molecular weight excluding hydrogens is 254 g/mol. The van der Waals surface area contributed by atoms with Crippen LogP contribution in [0.5, 0.6) is 0 Å². The predicted molar refractivity (Wildman–Crippen MR) is 78.9 cm³/mol. The first-order chi connectivity index (χ1) is 9.69. The smallest absolute Gasteiger partial charge is 0.268 e. The molecule has 2 rings (SSSR count). The van der Waals surface area contributed by atoms with Gasteiger partial charge in [-0.05, 0) is 44.7 Å². The van der Waals surface area contributed by atoms with E-state index in [4.69, 9.17) is 0 Å². The first-order valence-electron chi connectivity index (χ1n) is 7.42. The summed E-state index contributed by atoms with van der Waals surface area (Å²) in [6.07, 6.45) is 5.32. The highest BCUT2D eigenvalue weighted by Crippen LogP contribution is 2.18. The molecule has 1 saturated carbocycles. The Morgan fingerprint density at radius 2 is 1.95 bits per heavy atom. The Morgan fingerprint density at radius 3 is 2.60 bits per heavy atom. The van der Waals surface area contributed by atoms with Gasteiger partial charge in [0.1, 0.15) is 5.69 Å². The van der Waals surface area contributed by atoms with E-state index in [1.54, 1.807) is 12.1 Å². The third-order valence-electron chi connectivity index (χ3n) is 3.76. The van der Waals surface area contributed by atoms with Gasteiger partial charge in [-0.2, -0.15) is 0 Å². The Labute approximate surface area is 119 Å². The lowest BCUT2D eigenvalue weighted by Gasteiger charge is -2.29. The van der Waals surface area contributed by atoms with Crippen molar-refractivity contribution in [1.29, 1.82) is 0 Å². The number of hydrogen-bond acceptors (Lipinski definition) is 3. The zero-order chi connectivity index (χ0) is 14.4. The summed E-state index contributed by atoms with van der Waals surface area (Å²) in [6.45, 7) is 3.23. The van der Waals surface area contributed by atoms with Crippen molar-refractivity contribution in [2.75, 3.05) is 6.54 Å². The molecular formula is C15H23N3O2. The summed E-state index contributed by atoms with van der Waals surface area (Å²) in [4.78, 5) is 25.8. The summed E-state index contributed by atoms with van der Waals surface area (Å²) in [5.41, 5.74) is 0.0915. The minimum atomic E-state index is -0.245. The minimum absolute atomic E-state index is 0.187. The predicted octanol–water partition coefficient (Wildman–Crippen LogP) is 1.42. The molecule has 3 N–H and O–H groups in total. The lowest BCUT2D eigenvalue weighted by Crippen LogP contribution is -2.42. The fourth-order valence-electron chi connectivity index (χ4n) is 2.63. The van der Waals surface area contributed by atoms with E-state index in [0.29, 0.717) is 11.7 Å². The molecule has 1 aliphatic rings. The summed E-state index contributed by atoms with van der Waals surface area (Å²) >= 11 is 0. The third kappa shape index (κ3) is 4.20. The number of amides is 1. The van der Waals surface area contributed by atoms with E-state index < -0.39 is 0 Å². The number of carbonyl (C=O) groups excluding carboxylic acids is 1. The highest BCUT2D eigenvalue weighted by molar-refractivity contribution is 5.92. The molecule has 5 nitrogen and oxygen atoms in total. The van der Waals surface area contributed by atoms with Gasteiger partial charge in [0.05, 0.1) is 0 Å². The van der Waals surface area contributed by atoms with Crippen LogP contribution in [0.4, 0.5) is 0 Å². The van der Waals surface area contributed by atoms with Crippen LogP contribution in [0.3, 0.4) is 0 Å². The van der Waals surface area contributed by atoms with Crippen molar-refractivity contribution >= 4 is 5.91 Å². The molecule has 1 aliphatic carbocycles. The average Bonchev–Trinajstić information content (AvgIpc) is 2.46. The van der Waals surface area contributed by atoms with Gasteiger partial charge in [-0.3, -0.25) is 9.59 Å². The molecule has 1 fully saturated rings. The monoisotopic (exact) mass is 277 g/mol. The van der Waals surface area contributed by atoms with Crippen molar-refractivity contribution < 1.29 is 4.79 Å². The standard InChI is InChI=1S/C15H23N3O2/c1-2-10-16-11-6-8-12(9-7-11)17-15(20)13-4-3-5-14(19)18-13/h3-5,11-12,16H,2,6-10H2,1H3,(H,17,20)(H,18,19). The quantitative estimate of drug-likeness (QED) is 0.762. The zero-order valence-electron chi connectivity index (χ0n) is 11.9. The molecule has 0 bridgehead atoms. The lowest BCUT2D eigenvalue weighted by atomic mass is 9.91. The molecule has 0 atom stereocenters. The third-order valence-corrected chi connectivity index (χ3v) is 3.76. The Balaban J connectivity index is 1.80. The number of hydrogen-bond donors (Lipinski definition) is 3. The average molecular weight is 277 g/mol. The first kappa shape index (κ1) is 14.8. The van der Waals surface area contributed by atoms with Gasteiger partial charge < -0.3 is 15.6 Å². The van der Waals surface area contributed by atoms with Crippen LogP contribution in [0.15, 0.2) is 23.0 Å². The molecule has 110 valence electrons. The Morgan fingerprint density at radius 1 is 1.25 bits per heavy atom. The summed E-state index contributed by atoms with van der Waals surface area (Å²) in [7, 11) is 0. The van der Waals surface area contributed by atoms with E-state index in [1.807, 2.05) is 0 Å². The van der Waals surface area contributed by atoms with Crippen molar-refractivity contribution in [3.05, 3.63) is 34.2 Å². The maximum atomic E-state index is 12.0. The molecule has 0 unspecified atom stereocenters. The Hall–Kier alpha value is -1.62. The molecule has 0 radical (unpaired) electrons. The van der Waals surface area contributed by atoms with Crippen molar-refractivity contribution in [2.24, 2.45) is 0 Å². The van der Waals surface area contributed by atoms with E-state index in [-0.39, 0.29) is 17.5 Å². The fourth-order valence-corrected chi connectivity index (χ4v) is 2.63. The summed E-state index contributed by atoms with van der Waals surface area (Å²) < 4.78 is 0. The van der Waals surface area contributed by atoms with Crippen LogP contribution in [0.1, 0.15) is 49.5 Å². The van der Waals surface area contributed by atoms with E-state index in [1.165, 1.54) is 6.07 Å². The second-order valence-corrected chi connectivity index (χ2v) is 5.40. The Kier molecular flexibility index (Phi) is 5.35. The normalized spacial score (nSPS) is 22.4. The van der Waals surface area contributed by atoms with Crippen molar-refractivity contribution in [3.8, 4) is 0 Å². The van der Waals surface area contributed by atoms with Gasteiger partial charge in [0.25, 0.3) is 5.91 Å². The van der Waals surface area contributed by atoms with Crippen LogP contribution >= 0.6 is 0 Å². The topological polar surface area (TPSA) is 74.0 Å². The van der Waals surface area contributed by atoms with Gasteiger partial charge in [0, 0.05) is 18.2 Å². The van der Waals surface area contributed by atoms with Crippen molar-refractivity contribution in [2.45, 2.75) is 51.1 Å². The second kappa shape index (κ2) is 7.24. The molecule has 5 heteroatoms. The van der Waals surface area contributed by atoms with Gasteiger partial charge in [-0.25, -0.2) is 0 Å². The highest BCUT2D eigenvalue weighted by Gasteiger charge is 2.22. The lowest BCUT2D eigenvalue weighted by molar-refractivity contribution is 0.0919. The largest absolute Gasteiger partial charge is 0.348 e. The van der Waals surface area contributed by atoms with Crippen LogP contribution in [0.2, 0.25) is 0 Å². The maximum Gasteiger partial charge on any atom is 0.268 e. The molecule has 1 heterocycles. The number of pyridine rings is 1. The molecule has 1 aromatic heterocycles. The highest BCUT2D eigenvalue weighted by atomic mass is 16.2. The molecule has 1 amide bonds. The van der Waals surface area contributed by atoms with Crippen LogP contribution < -0.4 is 16.2 Å². The molecule has 20 heavy (non-hydrogen) atoms. The van der Waals surface area contributed by atoms with E-state index in [9.17, 15) is 9.59 Å². The molecule has 0 saturated heterocycles. The van der Waals surface area contributed by atoms with Gasteiger partial charge >= 0.3 is 0 Å². The van der Waals surface area contributed by atoms with E-state index in [0.717, 1.165) is 38.6 Å². The van der Waals surface area contributed by atoms with Crippen LogP contribution in [-0.2, 0) is 0 Å². The first-order valence-corrected chi connectivity index (χ1v) is 7.42. The SMILES string of the molecule is CCCNC1CCC(NC(=O)c2cccc(=O)[nH]2)CC1. The zero-order valence-corrected chi connectivity index (χ0v) is 11.9. The fraction of sp³-hybridized carbons (Fsp3) is 0.600. The van der Waals surface area contributed by atoms with Gasteiger partial charge in [0.2, 0.25) is 5.56 Å². The van der Waals surface area contributed by atoms with E-state index >= 15 is 0 Å². The van der Waals surface area contributed by atoms with Crippen molar-refractivity contribution in [3.63, 3.8) is 0 Å². The molecule has 0 aromatic carbocycles. The number of aromatic amines is 1. The number of carbonyl (C=O) groups is 1. The van der Waals surface area contributed by atoms with Crippen LogP contribution in [-0.4, -0.2) is 29.5 Å². The second-order valence-electron chi connectivity index (χ2n) is 5.40. The van der Waals surface area contributed by atoms with Gasteiger partial charge in [0.15, 0.2) is 0 Å². The summed E-state index contributed by atoms with van der Waals surface area (Å²) in [5.74, 6) is -0.187. The van der Waals surface area contributed by atoms with Gasteiger partial charge in [-0.1, -0.05) is 13.0 Å². The number of aromatic nitrogens is 1. The number of H-pyrrole nitrogens is 1. The summed E-state index contributed by atoms with van der Waals surface area (Å²) in [6, 6.07) is 5.43. The molecule has 0 spiro atoms. The molecule has 1 aromatic rings.